The lowest BCUT2D eigenvalue weighted by Gasteiger charge is -2.59. The van der Waals surface area contributed by atoms with E-state index in [2.05, 4.69) is 31.9 Å². The number of hydrogen-bond acceptors (Lipinski definition) is 3. The van der Waals surface area contributed by atoms with Gasteiger partial charge in [-0.05, 0) is 99.0 Å². The van der Waals surface area contributed by atoms with Crippen LogP contribution in [0.25, 0.3) is 6.08 Å². The van der Waals surface area contributed by atoms with Crippen LogP contribution in [0, 0.1) is 34.5 Å². The van der Waals surface area contributed by atoms with Crippen molar-refractivity contribution >= 4 is 11.9 Å². The molecule has 0 aromatic carbocycles. The van der Waals surface area contributed by atoms with Crippen molar-refractivity contribution in [2.24, 2.45) is 34.5 Å². The average molecular weight is 397 g/mol. The second-order valence-corrected chi connectivity index (χ2v) is 10.9. The van der Waals surface area contributed by atoms with E-state index in [1.165, 1.54) is 19.3 Å². The van der Waals surface area contributed by atoms with Crippen molar-refractivity contribution in [3.63, 3.8) is 0 Å². The summed E-state index contributed by atoms with van der Waals surface area (Å²) in [6.07, 6.45) is 14.7. The topological polar surface area (TPSA) is 55.1 Å². The molecule has 158 valence electrons. The van der Waals surface area contributed by atoms with Crippen molar-refractivity contribution in [3.8, 4) is 0 Å². The number of allylic oxidation sites excluding steroid dienone is 1. The molecule has 0 spiro atoms. The van der Waals surface area contributed by atoms with Gasteiger partial charge in [0.1, 0.15) is 0 Å². The Kier molecular flexibility index (Phi) is 4.58. The normalized spacial score (nSPS) is 45.7. The molecule has 0 bridgehead atoms. The summed E-state index contributed by atoms with van der Waals surface area (Å²) in [6, 6.07) is 0. The summed E-state index contributed by atoms with van der Waals surface area (Å²) in [4.78, 5) is 13.5. The number of aliphatic hydroxyl groups is 1. The van der Waals surface area contributed by atoms with Crippen molar-refractivity contribution < 1.29 is 9.90 Å². The minimum absolute atomic E-state index is 0.0925. The Morgan fingerprint density at radius 1 is 1.21 bits per heavy atom. The molecule has 4 heteroatoms. The summed E-state index contributed by atoms with van der Waals surface area (Å²) in [7, 11) is 0. The molecule has 1 N–H and O–H groups in total. The third-order valence-corrected chi connectivity index (χ3v) is 9.60. The fourth-order valence-electron chi connectivity index (χ4n) is 7.86. The molecule has 4 saturated carbocycles. The highest BCUT2D eigenvalue weighted by Gasteiger charge is 2.61. The number of aryl methyl sites for hydroxylation is 1. The van der Waals surface area contributed by atoms with Crippen LogP contribution < -0.4 is 0 Å². The lowest BCUT2D eigenvalue weighted by Crippen LogP contribution is -2.54. The van der Waals surface area contributed by atoms with Crippen LogP contribution in [0.2, 0.25) is 0 Å². The molecule has 0 unspecified atom stereocenters. The maximum atomic E-state index is 13.5. The van der Waals surface area contributed by atoms with E-state index < -0.39 is 0 Å². The Morgan fingerprint density at radius 2 is 2.03 bits per heavy atom. The van der Waals surface area contributed by atoms with E-state index in [4.69, 9.17) is 0 Å². The predicted molar refractivity (Wildman–Crippen MR) is 114 cm³/mol. The number of fused-ring (bicyclic) bond motifs is 5. The van der Waals surface area contributed by atoms with Gasteiger partial charge in [0.15, 0.2) is 5.78 Å². The minimum atomic E-state index is -0.175. The third kappa shape index (κ3) is 2.89. The second kappa shape index (κ2) is 6.80. The van der Waals surface area contributed by atoms with Crippen LogP contribution in [0.15, 0.2) is 18.0 Å². The number of Topliss-reactive ketones (excluding diaryl/α,β-unsaturated/α-hetero) is 1. The van der Waals surface area contributed by atoms with Gasteiger partial charge in [-0.2, -0.15) is 5.10 Å². The van der Waals surface area contributed by atoms with Gasteiger partial charge in [-0.15, -0.1) is 0 Å². The monoisotopic (exact) mass is 396 g/mol. The molecular formula is C25H36N2O2. The molecule has 0 aliphatic heterocycles. The van der Waals surface area contributed by atoms with Crippen molar-refractivity contribution in [1.29, 1.82) is 0 Å². The fourth-order valence-corrected chi connectivity index (χ4v) is 7.86. The molecule has 1 heterocycles. The number of hydrogen-bond donors (Lipinski definition) is 1. The molecule has 5 rings (SSSR count). The number of rotatable bonds is 2. The first kappa shape index (κ1) is 19.5. The van der Waals surface area contributed by atoms with Gasteiger partial charge in [0.25, 0.3) is 0 Å². The number of carbonyl (C=O) groups is 1. The number of ketones is 1. The largest absolute Gasteiger partial charge is 0.393 e. The highest BCUT2D eigenvalue weighted by atomic mass is 16.3. The van der Waals surface area contributed by atoms with E-state index >= 15 is 0 Å². The molecule has 29 heavy (non-hydrogen) atoms. The Balaban J connectivity index is 1.43. The number of aromatic nitrogens is 2. The molecule has 4 nitrogen and oxygen atoms in total. The Labute approximate surface area is 174 Å². The van der Waals surface area contributed by atoms with E-state index in [0.29, 0.717) is 29.0 Å². The van der Waals surface area contributed by atoms with E-state index in [9.17, 15) is 9.90 Å². The quantitative estimate of drug-likeness (QED) is 0.726. The van der Waals surface area contributed by atoms with Crippen LogP contribution in [0.3, 0.4) is 0 Å². The van der Waals surface area contributed by atoms with Crippen LogP contribution in [0.1, 0.15) is 77.7 Å². The second-order valence-electron chi connectivity index (χ2n) is 10.9. The van der Waals surface area contributed by atoms with Crippen LogP contribution in [0.4, 0.5) is 0 Å². The standard InChI is InChI=1S/C25H36N2O2/c1-4-27-15-16(14-26-27)11-17-12-22-20-6-5-18-13-19(28)7-9-24(18,2)21(20)8-10-25(22,3)23(17)29/h11,14-15,18-22,28H,4-10,12-13H2,1-3H3/b17-11+/t18-,19+,20+,21-,22-,24-,25-/m0/s1. The molecule has 0 amide bonds. The molecule has 0 radical (unpaired) electrons. The SMILES string of the molecule is CCn1cc(/C=C2\C[C@H]3[C@@H]4CC[C@H]5C[C@H](O)CC[C@]5(C)[C@H]4CC[C@]3(C)C2=O)cn1. The number of carbonyl (C=O) groups excluding carboxylic acids is 1. The van der Waals surface area contributed by atoms with Gasteiger partial charge < -0.3 is 5.11 Å². The van der Waals surface area contributed by atoms with Gasteiger partial charge in [-0.1, -0.05) is 13.8 Å². The lowest BCUT2D eigenvalue weighted by atomic mass is 9.45. The molecule has 4 fully saturated rings. The number of nitrogens with zero attached hydrogens (tertiary/aromatic N) is 2. The van der Waals surface area contributed by atoms with Gasteiger partial charge in [0.05, 0.1) is 12.3 Å². The first-order valence-corrected chi connectivity index (χ1v) is 11.8. The van der Waals surface area contributed by atoms with E-state index in [0.717, 1.165) is 55.7 Å². The molecular weight excluding hydrogens is 360 g/mol. The lowest BCUT2D eigenvalue weighted by molar-refractivity contribution is -0.141. The molecule has 7 atom stereocenters. The predicted octanol–water partition coefficient (Wildman–Crippen LogP) is 4.87. The summed E-state index contributed by atoms with van der Waals surface area (Å²) in [5.41, 5.74) is 2.28. The Bertz CT molecular complexity index is 842. The molecule has 1 aromatic rings. The van der Waals surface area contributed by atoms with Gasteiger partial charge in [-0.3, -0.25) is 9.48 Å². The summed E-state index contributed by atoms with van der Waals surface area (Å²) in [5, 5.41) is 14.6. The maximum absolute atomic E-state index is 13.5. The van der Waals surface area contributed by atoms with Crippen molar-refractivity contribution in [2.75, 3.05) is 0 Å². The summed E-state index contributed by atoms with van der Waals surface area (Å²) < 4.78 is 1.93. The summed E-state index contributed by atoms with van der Waals surface area (Å²) in [5.74, 6) is 2.95. The van der Waals surface area contributed by atoms with E-state index in [1.54, 1.807) is 0 Å². The molecule has 1 aromatic heterocycles. The zero-order valence-corrected chi connectivity index (χ0v) is 18.2. The average Bonchev–Trinajstić information content (AvgIpc) is 3.26. The van der Waals surface area contributed by atoms with Crippen molar-refractivity contribution in [1.82, 2.24) is 9.78 Å². The molecule has 4 aliphatic carbocycles. The van der Waals surface area contributed by atoms with Crippen molar-refractivity contribution in [3.05, 3.63) is 23.5 Å². The van der Waals surface area contributed by atoms with Crippen LogP contribution >= 0.6 is 0 Å². The smallest absolute Gasteiger partial charge is 0.165 e. The van der Waals surface area contributed by atoms with Crippen LogP contribution in [-0.4, -0.2) is 26.8 Å². The third-order valence-electron chi connectivity index (χ3n) is 9.60. The molecule has 4 aliphatic rings. The van der Waals surface area contributed by atoms with Gasteiger partial charge in [0.2, 0.25) is 0 Å². The Hall–Kier alpha value is -1.42. The van der Waals surface area contributed by atoms with Gasteiger partial charge in [0, 0.05) is 23.7 Å². The minimum Gasteiger partial charge on any atom is -0.393 e. The maximum Gasteiger partial charge on any atom is 0.165 e. The van der Waals surface area contributed by atoms with E-state index in [-0.39, 0.29) is 11.5 Å². The molecule has 0 saturated heterocycles. The first-order valence-electron chi connectivity index (χ1n) is 11.8. The van der Waals surface area contributed by atoms with Crippen LogP contribution in [0.5, 0.6) is 0 Å². The zero-order valence-electron chi connectivity index (χ0n) is 18.2. The summed E-state index contributed by atoms with van der Waals surface area (Å²) >= 11 is 0. The van der Waals surface area contributed by atoms with Crippen molar-refractivity contribution in [2.45, 2.75) is 84.8 Å². The van der Waals surface area contributed by atoms with E-state index in [1.807, 2.05) is 17.1 Å². The Morgan fingerprint density at radius 3 is 2.79 bits per heavy atom. The van der Waals surface area contributed by atoms with Gasteiger partial charge >= 0.3 is 0 Å². The van der Waals surface area contributed by atoms with Crippen LogP contribution in [-0.2, 0) is 11.3 Å². The highest BCUT2D eigenvalue weighted by Crippen LogP contribution is 2.66. The van der Waals surface area contributed by atoms with Gasteiger partial charge in [-0.25, -0.2) is 0 Å². The first-order chi connectivity index (χ1) is 13.8. The fraction of sp³-hybridized carbons (Fsp3) is 0.760. The highest BCUT2D eigenvalue weighted by molar-refractivity contribution is 6.05. The zero-order chi connectivity index (χ0) is 20.4. The number of aliphatic hydroxyl groups excluding tert-OH is 1. The summed E-state index contributed by atoms with van der Waals surface area (Å²) in [6.45, 7) is 7.71.